The summed E-state index contributed by atoms with van der Waals surface area (Å²) in [5, 5.41) is 2.87. The van der Waals surface area contributed by atoms with E-state index in [4.69, 9.17) is 4.74 Å². The molecule has 1 N–H and O–H groups in total. The molecule has 0 unspecified atom stereocenters. The summed E-state index contributed by atoms with van der Waals surface area (Å²) in [5.74, 6) is 0.659. The number of hydrogen-bond acceptors (Lipinski definition) is 5. The molecule has 2 heterocycles. The first-order chi connectivity index (χ1) is 10.6. The van der Waals surface area contributed by atoms with Crippen molar-refractivity contribution in [3.63, 3.8) is 0 Å². The number of imidazole rings is 1. The number of amides is 1. The van der Waals surface area contributed by atoms with Crippen LogP contribution in [-0.2, 0) is 17.8 Å². The Bertz CT molecular complexity index is 607. The molecule has 0 spiro atoms. The quantitative estimate of drug-likeness (QED) is 0.823. The van der Waals surface area contributed by atoms with Crippen molar-refractivity contribution in [3.8, 4) is 0 Å². The molecule has 0 aliphatic carbocycles. The number of anilines is 1. The van der Waals surface area contributed by atoms with Crippen LogP contribution in [-0.4, -0.2) is 48.3 Å². The maximum atomic E-state index is 12.1. The summed E-state index contributed by atoms with van der Waals surface area (Å²) in [6.45, 7) is 1.73. The van der Waals surface area contributed by atoms with Crippen molar-refractivity contribution in [2.45, 2.75) is 13.1 Å². The van der Waals surface area contributed by atoms with Gasteiger partial charge in [0.15, 0.2) is 0 Å². The highest BCUT2D eigenvalue weighted by atomic mass is 16.5. The number of aromatic nitrogens is 3. The number of hydrogen-bond donors (Lipinski definition) is 1. The van der Waals surface area contributed by atoms with Gasteiger partial charge in [-0.05, 0) is 12.1 Å². The second kappa shape index (κ2) is 7.56. The summed E-state index contributed by atoms with van der Waals surface area (Å²) < 4.78 is 7.00. The van der Waals surface area contributed by atoms with Gasteiger partial charge in [0.25, 0.3) is 5.91 Å². The first-order valence-electron chi connectivity index (χ1n) is 7.01. The van der Waals surface area contributed by atoms with Gasteiger partial charge in [-0.15, -0.1) is 0 Å². The Hall–Kier alpha value is -2.41. The van der Waals surface area contributed by atoms with Crippen molar-refractivity contribution in [2.75, 3.05) is 32.7 Å². The summed E-state index contributed by atoms with van der Waals surface area (Å²) in [6.07, 6.45) is 5.05. The monoisotopic (exact) mass is 303 g/mol. The van der Waals surface area contributed by atoms with Gasteiger partial charge in [0.2, 0.25) is 0 Å². The number of nitrogens with one attached hydrogen (secondary N) is 1. The molecule has 0 aromatic carbocycles. The summed E-state index contributed by atoms with van der Waals surface area (Å²) in [5.41, 5.74) is 1.47. The Kier molecular flexibility index (Phi) is 5.48. The zero-order valence-electron chi connectivity index (χ0n) is 13.1. The van der Waals surface area contributed by atoms with Crippen LogP contribution in [0.3, 0.4) is 0 Å². The number of ether oxygens (including phenoxy) is 1. The van der Waals surface area contributed by atoms with Crippen molar-refractivity contribution in [3.05, 3.63) is 42.1 Å². The number of rotatable bonds is 7. The van der Waals surface area contributed by atoms with E-state index >= 15 is 0 Å². The van der Waals surface area contributed by atoms with E-state index in [0.29, 0.717) is 25.3 Å². The van der Waals surface area contributed by atoms with Crippen LogP contribution in [0.4, 0.5) is 5.82 Å². The molecule has 7 nitrogen and oxygen atoms in total. The smallest absolute Gasteiger partial charge is 0.253 e. The topological polar surface area (TPSA) is 72.3 Å². The van der Waals surface area contributed by atoms with Crippen LogP contribution in [0.2, 0.25) is 0 Å². The van der Waals surface area contributed by atoms with Crippen LogP contribution >= 0.6 is 0 Å². The zero-order chi connectivity index (χ0) is 15.9. The van der Waals surface area contributed by atoms with E-state index < -0.39 is 0 Å². The van der Waals surface area contributed by atoms with E-state index in [2.05, 4.69) is 15.3 Å². The highest BCUT2D eigenvalue weighted by Crippen LogP contribution is 2.08. The Morgan fingerprint density at radius 3 is 2.82 bits per heavy atom. The first kappa shape index (κ1) is 16.0. The van der Waals surface area contributed by atoms with Gasteiger partial charge < -0.3 is 19.5 Å². The molecule has 22 heavy (non-hydrogen) atoms. The number of pyridine rings is 1. The van der Waals surface area contributed by atoms with Crippen molar-refractivity contribution in [1.29, 1.82) is 0 Å². The first-order valence-corrected chi connectivity index (χ1v) is 7.01. The van der Waals surface area contributed by atoms with Crippen LogP contribution < -0.4 is 10.2 Å². The standard InChI is InChI=1S/C15H21N5O2/c1-19(2)14-5-4-12(8-17-14)15(21)18-10-13-9-16-11-20(13)6-7-22-3/h4-5,8-9,11H,6-7,10H2,1-3H3,(H,18,21). The van der Waals surface area contributed by atoms with Crippen LogP contribution in [0.5, 0.6) is 0 Å². The Morgan fingerprint density at radius 2 is 2.18 bits per heavy atom. The fraction of sp³-hybridized carbons (Fsp3) is 0.400. The molecule has 0 fully saturated rings. The minimum Gasteiger partial charge on any atom is -0.383 e. The summed E-state index contributed by atoms with van der Waals surface area (Å²) >= 11 is 0. The van der Waals surface area contributed by atoms with Crippen LogP contribution in [0, 0.1) is 0 Å². The van der Waals surface area contributed by atoms with Crippen molar-refractivity contribution in [1.82, 2.24) is 19.9 Å². The minimum absolute atomic E-state index is 0.155. The lowest BCUT2D eigenvalue weighted by Gasteiger charge is -2.11. The third kappa shape index (κ3) is 4.05. The maximum Gasteiger partial charge on any atom is 0.253 e. The molecule has 0 radical (unpaired) electrons. The van der Waals surface area contributed by atoms with Gasteiger partial charge in [0.1, 0.15) is 5.82 Å². The number of nitrogens with zero attached hydrogens (tertiary/aromatic N) is 4. The molecule has 0 saturated carbocycles. The van der Waals surface area contributed by atoms with Crippen LogP contribution in [0.25, 0.3) is 0 Å². The Balaban J connectivity index is 1.93. The summed E-state index contributed by atoms with van der Waals surface area (Å²) in [7, 11) is 5.47. The fourth-order valence-corrected chi connectivity index (χ4v) is 1.94. The molecular weight excluding hydrogens is 282 g/mol. The van der Waals surface area contributed by atoms with Crippen molar-refractivity contribution >= 4 is 11.7 Å². The van der Waals surface area contributed by atoms with Crippen LogP contribution in [0.1, 0.15) is 16.1 Å². The van der Waals surface area contributed by atoms with Gasteiger partial charge in [0.05, 0.1) is 30.7 Å². The van der Waals surface area contributed by atoms with E-state index in [9.17, 15) is 4.79 Å². The largest absolute Gasteiger partial charge is 0.383 e. The lowest BCUT2D eigenvalue weighted by molar-refractivity contribution is 0.0949. The Morgan fingerprint density at radius 1 is 1.36 bits per heavy atom. The van der Waals surface area contributed by atoms with Gasteiger partial charge in [-0.2, -0.15) is 0 Å². The predicted octanol–water partition coefficient (Wildman–Crippen LogP) is 0.920. The molecule has 118 valence electrons. The normalized spacial score (nSPS) is 10.5. The van der Waals surface area contributed by atoms with Gasteiger partial charge >= 0.3 is 0 Å². The van der Waals surface area contributed by atoms with E-state index in [1.165, 1.54) is 0 Å². The molecule has 0 aliphatic heterocycles. The second-order valence-electron chi connectivity index (χ2n) is 5.05. The van der Waals surface area contributed by atoms with Crippen molar-refractivity contribution < 1.29 is 9.53 Å². The maximum absolute atomic E-state index is 12.1. The van der Waals surface area contributed by atoms with Crippen LogP contribution in [0.15, 0.2) is 30.9 Å². The third-order valence-corrected chi connectivity index (χ3v) is 3.23. The molecule has 1 amide bonds. The van der Waals surface area contributed by atoms with E-state index in [-0.39, 0.29) is 5.91 Å². The fourth-order valence-electron chi connectivity index (χ4n) is 1.94. The van der Waals surface area contributed by atoms with E-state index in [0.717, 1.165) is 11.5 Å². The molecule has 0 bridgehead atoms. The molecule has 0 saturated heterocycles. The van der Waals surface area contributed by atoms with Gasteiger partial charge in [0, 0.05) is 40.1 Å². The van der Waals surface area contributed by atoms with E-state index in [1.54, 1.807) is 31.9 Å². The Labute approximate surface area is 129 Å². The SMILES string of the molecule is COCCn1cncc1CNC(=O)c1ccc(N(C)C)nc1. The molecular formula is C15H21N5O2. The lowest BCUT2D eigenvalue weighted by Crippen LogP contribution is -2.24. The number of carbonyl (C=O) groups excluding carboxylic acids is 1. The lowest BCUT2D eigenvalue weighted by atomic mass is 10.2. The minimum atomic E-state index is -0.155. The molecule has 0 aliphatic rings. The number of methoxy groups -OCH3 is 1. The van der Waals surface area contributed by atoms with Gasteiger partial charge in [-0.25, -0.2) is 9.97 Å². The highest BCUT2D eigenvalue weighted by molar-refractivity contribution is 5.93. The van der Waals surface area contributed by atoms with Gasteiger partial charge in [-0.1, -0.05) is 0 Å². The average Bonchev–Trinajstić information content (AvgIpc) is 2.98. The summed E-state index contributed by atoms with van der Waals surface area (Å²) in [6, 6.07) is 3.58. The van der Waals surface area contributed by atoms with Crippen molar-refractivity contribution in [2.24, 2.45) is 0 Å². The van der Waals surface area contributed by atoms with Gasteiger partial charge in [-0.3, -0.25) is 4.79 Å². The number of carbonyl (C=O) groups is 1. The molecule has 2 rings (SSSR count). The van der Waals surface area contributed by atoms with E-state index in [1.807, 2.05) is 29.6 Å². The molecule has 2 aromatic heterocycles. The second-order valence-corrected chi connectivity index (χ2v) is 5.05. The third-order valence-electron chi connectivity index (χ3n) is 3.23. The summed E-state index contributed by atoms with van der Waals surface area (Å²) in [4.78, 5) is 22.3. The molecule has 7 heteroatoms. The zero-order valence-corrected chi connectivity index (χ0v) is 13.1. The highest BCUT2D eigenvalue weighted by Gasteiger charge is 2.08. The molecule has 0 atom stereocenters. The predicted molar refractivity (Wildman–Crippen MR) is 83.8 cm³/mol. The molecule has 2 aromatic rings. The average molecular weight is 303 g/mol.